The van der Waals surface area contributed by atoms with Crippen molar-refractivity contribution in [2.45, 2.75) is 84.0 Å². The van der Waals surface area contributed by atoms with E-state index in [1.54, 1.807) is 0 Å². The van der Waals surface area contributed by atoms with Crippen LogP contribution >= 0.6 is 0 Å². The molecule has 0 radical (unpaired) electrons. The highest BCUT2D eigenvalue weighted by Crippen LogP contribution is 2.55. The van der Waals surface area contributed by atoms with E-state index in [-0.39, 0.29) is 23.7 Å². The second-order valence-electron chi connectivity index (χ2n) is 11.7. The van der Waals surface area contributed by atoms with Crippen molar-refractivity contribution >= 4 is 33.6 Å². The zero-order valence-corrected chi connectivity index (χ0v) is 22.2. The maximum Gasteiger partial charge on any atom is 0.163 e. The van der Waals surface area contributed by atoms with Crippen LogP contribution in [0.5, 0.6) is 0 Å². The van der Waals surface area contributed by atoms with Crippen molar-refractivity contribution in [3.8, 4) is 0 Å². The monoisotopic (exact) mass is 500 g/mol. The van der Waals surface area contributed by atoms with Gasteiger partial charge in [0.25, 0.3) is 0 Å². The average Bonchev–Trinajstić information content (AvgIpc) is 3.49. The van der Waals surface area contributed by atoms with Crippen molar-refractivity contribution in [2.75, 3.05) is 11.1 Å². The second-order valence-corrected chi connectivity index (χ2v) is 11.7. The average molecular weight is 501 g/mol. The number of ether oxygens (including phenoxy) is 2. The molecular weight excluding hydrogens is 464 g/mol. The second kappa shape index (κ2) is 8.67. The van der Waals surface area contributed by atoms with Gasteiger partial charge < -0.3 is 25.1 Å². The fraction of sp³-hybridized carbons (Fsp3) is 0.483. The minimum atomic E-state index is -0.626. The highest BCUT2D eigenvalue weighted by molar-refractivity contribution is 5.86. The highest BCUT2D eigenvalue weighted by Gasteiger charge is 2.59. The van der Waals surface area contributed by atoms with Crippen LogP contribution in [0.3, 0.4) is 0 Å². The third-order valence-electron chi connectivity index (χ3n) is 7.95. The molecular formula is C29H36N6O2. The largest absolute Gasteiger partial charge is 0.383 e. The van der Waals surface area contributed by atoms with Crippen molar-refractivity contribution in [2.24, 2.45) is 5.41 Å². The number of aromatic nitrogens is 4. The Hall–Kier alpha value is -3.23. The Bertz CT molecular complexity index is 1460. The number of aryl methyl sites for hydroxylation is 1. The lowest BCUT2D eigenvalue weighted by atomic mass is 9.80. The van der Waals surface area contributed by atoms with Gasteiger partial charge in [-0.25, -0.2) is 15.0 Å². The lowest BCUT2D eigenvalue weighted by Gasteiger charge is -2.32. The van der Waals surface area contributed by atoms with Crippen molar-refractivity contribution in [3.63, 3.8) is 0 Å². The van der Waals surface area contributed by atoms with E-state index >= 15 is 0 Å². The van der Waals surface area contributed by atoms with Crippen LogP contribution in [-0.4, -0.2) is 43.6 Å². The van der Waals surface area contributed by atoms with E-state index in [4.69, 9.17) is 20.2 Å². The summed E-state index contributed by atoms with van der Waals surface area (Å²) in [5.74, 6) is 0.788. The van der Waals surface area contributed by atoms with Gasteiger partial charge in [0, 0.05) is 17.6 Å². The molecule has 1 saturated carbocycles. The van der Waals surface area contributed by atoms with Gasteiger partial charge in [-0.05, 0) is 82.2 Å². The predicted octanol–water partition coefficient (Wildman–Crippen LogP) is 5.49. The van der Waals surface area contributed by atoms with E-state index in [0.717, 1.165) is 47.0 Å². The topological polar surface area (TPSA) is 100 Å². The van der Waals surface area contributed by atoms with Gasteiger partial charge in [-0.1, -0.05) is 19.1 Å². The molecule has 3 aromatic heterocycles. The quantitative estimate of drug-likeness (QED) is 0.361. The molecule has 4 aromatic rings. The number of rotatable bonds is 6. The van der Waals surface area contributed by atoms with E-state index < -0.39 is 5.79 Å². The Morgan fingerprint density at radius 2 is 1.92 bits per heavy atom. The van der Waals surface area contributed by atoms with Crippen molar-refractivity contribution in [3.05, 3.63) is 54.5 Å². The molecule has 0 amide bonds. The van der Waals surface area contributed by atoms with E-state index in [1.165, 1.54) is 11.9 Å². The number of hydrogen-bond acceptors (Lipinski definition) is 7. The van der Waals surface area contributed by atoms with Crippen molar-refractivity contribution < 1.29 is 9.47 Å². The molecule has 4 heterocycles. The first kappa shape index (κ1) is 24.1. The number of hydrogen-bond donors (Lipinski definition) is 2. The molecule has 1 aliphatic heterocycles. The van der Waals surface area contributed by atoms with Crippen LogP contribution < -0.4 is 11.1 Å². The number of nitrogen functional groups attached to an aromatic ring is 1. The van der Waals surface area contributed by atoms with Gasteiger partial charge in [-0.3, -0.25) is 0 Å². The van der Waals surface area contributed by atoms with Gasteiger partial charge in [-0.2, -0.15) is 0 Å². The summed E-state index contributed by atoms with van der Waals surface area (Å²) in [6.07, 6.45) is 6.38. The number of anilines is 2. The van der Waals surface area contributed by atoms with Gasteiger partial charge in [0.05, 0.1) is 23.0 Å². The van der Waals surface area contributed by atoms with Crippen LogP contribution in [0.4, 0.5) is 11.6 Å². The normalized spacial score (nSPS) is 26.8. The Balaban J connectivity index is 1.28. The van der Waals surface area contributed by atoms with Gasteiger partial charge in [0.1, 0.15) is 29.7 Å². The summed E-state index contributed by atoms with van der Waals surface area (Å²) in [6.45, 7) is 10.6. The van der Waals surface area contributed by atoms with Crippen LogP contribution in [0.1, 0.15) is 59.1 Å². The van der Waals surface area contributed by atoms with Crippen molar-refractivity contribution in [1.29, 1.82) is 0 Å². The fourth-order valence-corrected chi connectivity index (χ4v) is 6.20. The summed E-state index contributed by atoms with van der Waals surface area (Å²) in [7, 11) is 0. The highest BCUT2D eigenvalue weighted by atomic mass is 16.8. The molecule has 1 saturated heterocycles. The molecule has 37 heavy (non-hydrogen) atoms. The first-order chi connectivity index (χ1) is 17.6. The van der Waals surface area contributed by atoms with E-state index in [9.17, 15) is 0 Å². The molecule has 1 aromatic carbocycles. The Kier molecular flexibility index (Phi) is 5.65. The van der Waals surface area contributed by atoms with Crippen LogP contribution in [0.2, 0.25) is 0 Å². The Morgan fingerprint density at radius 3 is 2.73 bits per heavy atom. The molecule has 6 rings (SSSR count). The van der Waals surface area contributed by atoms with Gasteiger partial charge >= 0.3 is 0 Å². The predicted molar refractivity (Wildman–Crippen MR) is 146 cm³/mol. The van der Waals surface area contributed by atoms with Crippen LogP contribution in [0, 0.1) is 5.41 Å². The molecule has 8 heteroatoms. The van der Waals surface area contributed by atoms with E-state index in [0.29, 0.717) is 11.9 Å². The summed E-state index contributed by atoms with van der Waals surface area (Å²) in [4.78, 5) is 13.6. The molecule has 3 N–H and O–H groups in total. The molecule has 4 atom stereocenters. The minimum absolute atomic E-state index is 0.00967. The molecule has 8 nitrogen and oxygen atoms in total. The third-order valence-corrected chi connectivity index (χ3v) is 7.95. The number of pyridine rings is 1. The number of nitrogens with one attached hydrogen (secondary N) is 1. The molecule has 2 aliphatic rings. The Morgan fingerprint density at radius 1 is 1.11 bits per heavy atom. The Labute approximate surface area is 217 Å². The summed E-state index contributed by atoms with van der Waals surface area (Å²) in [5, 5.41) is 5.43. The first-order valence-electron chi connectivity index (χ1n) is 13.2. The maximum atomic E-state index is 6.55. The molecule has 1 aliphatic carbocycles. The standard InChI is InChI=1S/C29H36N6O2/c1-17(2)33-23-9-8-19-7-6-18(14-21(19)34-23)10-12-29(5)15-22(24-25(29)37-28(3,4)36-24)35-13-11-20-26(30)31-16-32-27(20)35/h6-9,11,13-14,16-17,22,24-25H,10,12,15H2,1-5H3,(H,33,34)(H2,30,31,32)/t22-,24+,25+,29+/m1/s1. The smallest absolute Gasteiger partial charge is 0.163 e. The first-order valence-corrected chi connectivity index (χ1v) is 13.2. The zero-order valence-electron chi connectivity index (χ0n) is 22.2. The summed E-state index contributed by atoms with van der Waals surface area (Å²) >= 11 is 0. The fourth-order valence-electron chi connectivity index (χ4n) is 6.20. The SMILES string of the molecule is CC(C)Nc1ccc2ccc(CC[C@@]3(C)C[C@@H](n4ccc5c(N)ncnc54)[C@@H]4OC(C)(C)O[C@@H]43)cc2n1. The minimum Gasteiger partial charge on any atom is -0.383 e. The molecule has 2 fully saturated rings. The van der Waals surface area contributed by atoms with Crippen molar-refractivity contribution in [1.82, 2.24) is 19.5 Å². The number of benzene rings is 1. The number of nitrogens with two attached hydrogens (primary N) is 1. The molecule has 194 valence electrons. The van der Waals surface area contributed by atoms with Gasteiger partial charge in [0.15, 0.2) is 5.79 Å². The lowest BCUT2D eigenvalue weighted by Crippen LogP contribution is -2.34. The van der Waals surface area contributed by atoms with Gasteiger partial charge in [-0.15, -0.1) is 0 Å². The number of fused-ring (bicyclic) bond motifs is 3. The maximum absolute atomic E-state index is 6.55. The van der Waals surface area contributed by atoms with E-state index in [1.807, 2.05) is 26.0 Å². The van der Waals surface area contributed by atoms with Crippen LogP contribution in [0.15, 0.2) is 48.9 Å². The summed E-state index contributed by atoms with van der Waals surface area (Å²) in [6, 6.07) is 13.2. The summed E-state index contributed by atoms with van der Waals surface area (Å²) < 4.78 is 15.3. The summed E-state index contributed by atoms with van der Waals surface area (Å²) in [5.41, 5.74) is 9.21. The number of nitrogens with zero attached hydrogens (tertiary/aromatic N) is 4. The molecule has 0 spiro atoms. The lowest BCUT2D eigenvalue weighted by molar-refractivity contribution is -0.168. The molecule has 0 bridgehead atoms. The van der Waals surface area contributed by atoms with Crippen LogP contribution in [0.25, 0.3) is 21.9 Å². The van der Waals surface area contributed by atoms with Crippen LogP contribution in [-0.2, 0) is 15.9 Å². The zero-order chi connectivity index (χ0) is 25.9. The van der Waals surface area contributed by atoms with Gasteiger partial charge in [0.2, 0.25) is 0 Å². The van der Waals surface area contributed by atoms with E-state index in [2.05, 4.69) is 71.1 Å². The third kappa shape index (κ3) is 4.32. The molecule has 0 unspecified atom stereocenters.